The van der Waals surface area contributed by atoms with Gasteiger partial charge in [-0.2, -0.15) is 0 Å². The van der Waals surface area contributed by atoms with E-state index in [1.807, 2.05) is 25.1 Å². The van der Waals surface area contributed by atoms with Crippen molar-refractivity contribution in [1.82, 2.24) is 15.0 Å². The van der Waals surface area contributed by atoms with Crippen LogP contribution in [0, 0.1) is 6.92 Å². The molecule has 1 aromatic carbocycles. The van der Waals surface area contributed by atoms with Gasteiger partial charge in [-0.1, -0.05) is 32.9 Å². The molecule has 3 aromatic rings. The number of nitrogens with zero attached hydrogens (tertiary/aromatic N) is 4. The molecular formula is C22H24N4O2. The van der Waals surface area contributed by atoms with Crippen LogP contribution in [0.4, 0.5) is 11.4 Å². The number of carbonyl (C=O) groups excluding carboxylic acids is 1. The molecule has 2 aromatic heterocycles. The molecule has 6 nitrogen and oxygen atoms in total. The van der Waals surface area contributed by atoms with Gasteiger partial charge in [0.15, 0.2) is 0 Å². The zero-order chi connectivity index (χ0) is 20.3. The molecule has 3 rings (SSSR count). The van der Waals surface area contributed by atoms with Crippen molar-refractivity contribution in [3.63, 3.8) is 0 Å². The first-order valence-electron chi connectivity index (χ1n) is 9.07. The van der Waals surface area contributed by atoms with E-state index in [4.69, 9.17) is 0 Å². The number of carbonyl (C=O) groups is 1. The van der Waals surface area contributed by atoms with Crippen molar-refractivity contribution in [2.45, 2.75) is 39.7 Å². The van der Waals surface area contributed by atoms with Gasteiger partial charge in [0.05, 0.1) is 29.9 Å². The van der Waals surface area contributed by atoms with Crippen LogP contribution in [0.25, 0.3) is 11.1 Å². The Morgan fingerprint density at radius 1 is 1.00 bits per heavy atom. The van der Waals surface area contributed by atoms with Crippen LogP contribution in [0.1, 0.15) is 37.9 Å². The van der Waals surface area contributed by atoms with Gasteiger partial charge < -0.3 is 5.11 Å². The Bertz CT molecular complexity index is 961. The average molecular weight is 376 g/mol. The molecule has 0 saturated carbocycles. The van der Waals surface area contributed by atoms with Crippen LogP contribution in [0.3, 0.4) is 0 Å². The third-order valence-corrected chi connectivity index (χ3v) is 4.53. The number of amides is 1. The smallest absolute Gasteiger partial charge is 0.218 e. The average Bonchev–Trinajstić information content (AvgIpc) is 2.69. The predicted molar refractivity (Wildman–Crippen MR) is 109 cm³/mol. The fourth-order valence-electron chi connectivity index (χ4n) is 3.00. The monoisotopic (exact) mass is 376 g/mol. The molecule has 0 bridgehead atoms. The van der Waals surface area contributed by atoms with Crippen molar-refractivity contribution in [3.8, 4) is 11.1 Å². The first-order valence-corrected chi connectivity index (χ1v) is 9.07. The highest BCUT2D eigenvalue weighted by atomic mass is 16.3. The van der Waals surface area contributed by atoms with Gasteiger partial charge in [0.25, 0.3) is 0 Å². The number of aliphatic hydroxyl groups excluding tert-OH is 1. The maximum absolute atomic E-state index is 12.1. The molecule has 28 heavy (non-hydrogen) atoms. The molecule has 0 aliphatic heterocycles. The summed E-state index contributed by atoms with van der Waals surface area (Å²) in [5, 5.41) is 9.22. The van der Waals surface area contributed by atoms with E-state index in [2.05, 4.69) is 35.7 Å². The van der Waals surface area contributed by atoms with E-state index in [0.29, 0.717) is 17.2 Å². The molecule has 0 aliphatic rings. The van der Waals surface area contributed by atoms with Gasteiger partial charge in [0, 0.05) is 18.0 Å². The molecule has 144 valence electrons. The molecule has 6 heteroatoms. The van der Waals surface area contributed by atoms with E-state index in [1.165, 1.54) is 0 Å². The number of pyridine rings is 1. The standard InChI is InChI=1S/C22H24N4O2/c1-15-23-10-17(11-24-15)16-5-8-20(22(2,3)4)21(9-16)26(14-28)19-7-6-18(13-27)25-12-19/h5-12,14,27H,13H2,1-4H3. The number of aromatic nitrogens is 3. The number of aryl methyl sites for hydroxylation is 1. The topological polar surface area (TPSA) is 79.2 Å². The van der Waals surface area contributed by atoms with Gasteiger partial charge in [-0.05, 0) is 41.7 Å². The first kappa shape index (κ1) is 19.6. The molecule has 1 N–H and O–H groups in total. The van der Waals surface area contributed by atoms with Crippen LogP contribution in [-0.2, 0) is 16.8 Å². The molecule has 1 amide bonds. The Balaban J connectivity index is 2.14. The van der Waals surface area contributed by atoms with E-state index in [-0.39, 0.29) is 12.0 Å². The van der Waals surface area contributed by atoms with Crippen LogP contribution in [0.5, 0.6) is 0 Å². The fourth-order valence-corrected chi connectivity index (χ4v) is 3.00. The van der Waals surface area contributed by atoms with Gasteiger partial charge in [-0.25, -0.2) is 9.97 Å². The second-order valence-corrected chi connectivity index (χ2v) is 7.64. The molecule has 0 radical (unpaired) electrons. The number of hydrogen-bond acceptors (Lipinski definition) is 5. The summed E-state index contributed by atoms with van der Waals surface area (Å²) in [4.78, 5) is 26.4. The quantitative estimate of drug-likeness (QED) is 0.683. The predicted octanol–water partition coefficient (Wildman–Crippen LogP) is 3.93. The lowest BCUT2D eigenvalue weighted by Gasteiger charge is -2.28. The van der Waals surface area contributed by atoms with E-state index < -0.39 is 0 Å². The lowest BCUT2D eigenvalue weighted by Crippen LogP contribution is -2.21. The molecule has 0 unspecified atom stereocenters. The van der Waals surface area contributed by atoms with Crippen molar-refractivity contribution in [3.05, 3.63) is 66.0 Å². The summed E-state index contributed by atoms with van der Waals surface area (Å²) in [5.74, 6) is 0.708. The Labute approximate surface area is 164 Å². The molecular weight excluding hydrogens is 352 g/mol. The molecule has 0 saturated heterocycles. The minimum absolute atomic E-state index is 0.141. The van der Waals surface area contributed by atoms with Crippen molar-refractivity contribution >= 4 is 17.8 Å². The van der Waals surface area contributed by atoms with Gasteiger partial charge in [0.2, 0.25) is 6.41 Å². The maximum Gasteiger partial charge on any atom is 0.218 e. The van der Waals surface area contributed by atoms with Crippen LogP contribution in [-0.4, -0.2) is 26.5 Å². The molecule has 0 aliphatic carbocycles. The van der Waals surface area contributed by atoms with Gasteiger partial charge in [-0.3, -0.25) is 14.7 Å². The summed E-state index contributed by atoms with van der Waals surface area (Å²) < 4.78 is 0. The number of rotatable bonds is 5. The highest BCUT2D eigenvalue weighted by Gasteiger charge is 2.23. The van der Waals surface area contributed by atoms with Crippen molar-refractivity contribution < 1.29 is 9.90 Å². The number of anilines is 2. The molecule has 2 heterocycles. The van der Waals surface area contributed by atoms with E-state index in [9.17, 15) is 9.90 Å². The maximum atomic E-state index is 12.1. The zero-order valence-electron chi connectivity index (χ0n) is 16.5. The summed E-state index contributed by atoms with van der Waals surface area (Å²) in [6.45, 7) is 8.02. The normalized spacial score (nSPS) is 11.3. The minimum atomic E-state index is -0.169. The minimum Gasteiger partial charge on any atom is -0.390 e. The SMILES string of the molecule is Cc1ncc(-c2ccc(C(C)(C)C)c(N(C=O)c3ccc(CO)nc3)c2)cn1. The second-order valence-electron chi connectivity index (χ2n) is 7.64. The van der Waals surface area contributed by atoms with Crippen LogP contribution in [0.2, 0.25) is 0 Å². The van der Waals surface area contributed by atoms with Gasteiger partial charge in [0.1, 0.15) is 5.82 Å². The summed E-state index contributed by atoms with van der Waals surface area (Å²) in [6, 6.07) is 9.52. The number of aliphatic hydroxyl groups is 1. The summed E-state index contributed by atoms with van der Waals surface area (Å²) in [5.41, 5.74) is 4.63. The lowest BCUT2D eigenvalue weighted by atomic mass is 9.84. The molecule has 0 atom stereocenters. The fraction of sp³-hybridized carbons (Fsp3) is 0.273. The molecule has 0 fully saturated rings. The van der Waals surface area contributed by atoms with Gasteiger partial charge >= 0.3 is 0 Å². The third-order valence-electron chi connectivity index (χ3n) is 4.53. The van der Waals surface area contributed by atoms with Crippen LogP contribution >= 0.6 is 0 Å². The van der Waals surface area contributed by atoms with Gasteiger partial charge in [-0.15, -0.1) is 0 Å². The lowest BCUT2D eigenvalue weighted by molar-refractivity contribution is -0.106. The summed E-state index contributed by atoms with van der Waals surface area (Å²) in [6.07, 6.45) is 5.94. The second kappa shape index (κ2) is 7.86. The van der Waals surface area contributed by atoms with Crippen LogP contribution < -0.4 is 4.90 Å². The highest BCUT2D eigenvalue weighted by Crippen LogP contribution is 2.37. The summed E-state index contributed by atoms with van der Waals surface area (Å²) >= 11 is 0. The van der Waals surface area contributed by atoms with Crippen molar-refractivity contribution in [1.29, 1.82) is 0 Å². The Hall–Kier alpha value is -3.12. The summed E-state index contributed by atoms with van der Waals surface area (Å²) in [7, 11) is 0. The van der Waals surface area contributed by atoms with Crippen molar-refractivity contribution in [2.75, 3.05) is 4.90 Å². The third kappa shape index (κ3) is 4.07. The van der Waals surface area contributed by atoms with Crippen molar-refractivity contribution in [2.24, 2.45) is 0 Å². The molecule has 0 spiro atoms. The van der Waals surface area contributed by atoms with Crippen LogP contribution in [0.15, 0.2) is 48.9 Å². The largest absolute Gasteiger partial charge is 0.390 e. The Kier molecular flexibility index (Phi) is 5.51. The number of hydrogen-bond donors (Lipinski definition) is 1. The Morgan fingerprint density at radius 2 is 1.71 bits per heavy atom. The van der Waals surface area contributed by atoms with E-state index in [0.717, 1.165) is 28.8 Å². The van der Waals surface area contributed by atoms with E-state index >= 15 is 0 Å². The Morgan fingerprint density at radius 3 is 2.25 bits per heavy atom. The number of benzene rings is 1. The van der Waals surface area contributed by atoms with E-state index in [1.54, 1.807) is 35.6 Å². The zero-order valence-corrected chi connectivity index (χ0v) is 16.5. The highest BCUT2D eigenvalue weighted by molar-refractivity contribution is 5.89. The first-order chi connectivity index (χ1) is 13.3.